The van der Waals surface area contributed by atoms with Crippen molar-refractivity contribution < 1.29 is 34.8 Å². The fraction of sp³-hybridized carbons (Fsp3) is 0.471. The Bertz CT molecular complexity index is 880. The first-order valence-electron chi connectivity index (χ1n) is 8.96. The predicted octanol–water partition coefficient (Wildman–Crippen LogP) is -0.240. The van der Waals surface area contributed by atoms with Crippen molar-refractivity contribution in [3.8, 4) is 0 Å². The molecule has 0 aliphatic carbocycles. The molecule has 0 radical (unpaired) electrons. The summed E-state index contributed by atoms with van der Waals surface area (Å²) in [6.07, 6.45) is -1.37. The molecule has 2 atom stereocenters. The number of nitrogens with one attached hydrogen (secondary N) is 3. The molecule has 1 rings (SSSR count). The minimum Gasteiger partial charge on any atom is -0.394 e. The van der Waals surface area contributed by atoms with Crippen LogP contribution < -0.4 is 16.0 Å². The van der Waals surface area contributed by atoms with Crippen LogP contribution in [0.15, 0.2) is 5.18 Å². The minimum atomic E-state index is -1.37. The summed E-state index contributed by atoms with van der Waals surface area (Å²) in [7, 11) is 0. The molecule has 0 heterocycles. The van der Waals surface area contributed by atoms with E-state index < -0.39 is 55.7 Å². The molecule has 0 saturated heterocycles. The Morgan fingerprint density at radius 3 is 1.69 bits per heavy atom. The number of benzene rings is 1. The van der Waals surface area contributed by atoms with Crippen LogP contribution in [0.25, 0.3) is 0 Å². The number of rotatable bonds is 11. The van der Waals surface area contributed by atoms with Crippen LogP contribution in [0.2, 0.25) is 0 Å². The highest BCUT2D eigenvalue weighted by Crippen LogP contribution is 2.36. The molecule has 0 bridgehead atoms. The zero-order valence-electron chi connectivity index (χ0n) is 16.6. The summed E-state index contributed by atoms with van der Waals surface area (Å²) >= 11 is 5.37. The van der Waals surface area contributed by atoms with Gasteiger partial charge in [-0.05, 0) is 74.7 Å². The predicted molar refractivity (Wildman–Crippen MR) is 139 cm³/mol. The van der Waals surface area contributed by atoms with Gasteiger partial charge in [0.1, 0.15) is 12.6 Å². The van der Waals surface area contributed by atoms with E-state index in [4.69, 9.17) is 0 Å². The molecule has 0 aliphatic rings. The van der Waals surface area contributed by atoms with E-state index in [1.54, 1.807) is 67.8 Å². The molecule has 1 aromatic carbocycles. The Kier molecular flexibility index (Phi) is 12.7. The Labute approximate surface area is 223 Å². The van der Waals surface area contributed by atoms with Crippen molar-refractivity contribution in [2.75, 3.05) is 31.7 Å². The van der Waals surface area contributed by atoms with Crippen molar-refractivity contribution in [2.24, 2.45) is 5.18 Å². The first-order chi connectivity index (χ1) is 15.0. The average molecular weight is 790 g/mol. The van der Waals surface area contributed by atoms with Gasteiger partial charge in [0.05, 0.1) is 55.9 Å². The molecule has 1 unspecified atom stereocenters. The standard InChI is InChI=1S/C17H21I3N4O8/c1-6(28)15(29)24-14-12(19)9(16(30)22-7(3-25)2-21-32)11(18)10(13(14)20)17(31)23-8(4-26)5-27/h6-8,25-28H,2-5H2,1H3,(H,22,30)(H,23,31)(H,24,29)/t6-,7?/m0/s1. The molecule has 0 aliphatic heterocycles. The largest absolute Gasteiger partial charge is 0.394 e. The van der Waals surface area contributed by atoms with Gasteiger partial charge in [0.15, 0.2) is 0 Å². The van der Waals surface area contributed by atoms with Gasteiger partial charge in [0.2, 0.25) is 0 Å². The lowest BCUT2D eigenvalue weighted by atomic mass is 10.1. The molecular formula is C17H21I3N4O8. The number of anilines is 1. The highest BCUT2D eigenvalue weighted by Gasteiger charge is 2.30. The summed E-state index contributed by atoms with van der Waals surface area (Å²) in [6, 6.07) is -1.93. The molecule has 3 amide bonds. The molecule has 1 aromatic rings. The van der Waals surface area contributed by atoms with Gasteiger partial charge < -0.3 is 36.4 Å². The molecule has 0 aromatic heterocycles. The number of hydrogen-bond donors (Lipinski definition) is 7. The molecule has 0 spiro atoms. The number of aliphatic hydroxyl groups is 4. The maximum atomic E-state index is 13.0. The quantitative estimate of drug-likeness (QED) is 0.118. The number of carbonyl (C=O) groups is 3. The first-order valence-corrected chi connectivity index (χ1v) is 12.2. The SMILES string of the molecule is C[C@H](O)C(=O)Nc1c(I)c(C(=O)NC(CO)CO)c(I)c(C(=O)NC(CO)CN=O)c1I. The van der Waals surface area contributed by atoms with Crippen LogP contribution in [0.3, 0.4) is 0 Å². The average Bonchev–Trinajstić information content (AvgIpc) is 2.74. The van der Waals surface area contributed by atoms with Gasteiger partial charge in [-0.2, -0.15) is 4.91 Å². The number of amides is 3. The Hall–Kier alpha value is -0.740. The fourth-order valence-electron chi connectivity index (χ4n) is 2.30. The second kappa shape index (κ2) is 13.8. The number of nitrogens with zero attached hydrogens (tertiary/aromatic N) is 1. The second-order valence-electron chi connectivity index (χ2n) is 6.43. The molecule has 32 heavy (non-hydrogen) atoms. The monoisotopic (exact) mass is 790 g/mol. The number of nitroso groups, excluding NO2 is 1. The Morgan fingerprint density at radius 2 is 1.31 bits per heavy atom. The van der Waals surface area contributed by atoms with Gasteiger partial charge in [-0.3, -0.25) is 14.4 Å². The summed E-state index contributed by atoms with van der Waals surface area (Å²) in [5.41, 5.74) is 0.0524. The van der Waals surface area contributed by atoms with Crippen molar-refractivity contribution in [2.45, 2.75) is 25.1 Å². The van der Waals surface area contributed by atoms with Crippen LogP contribution in [0, 0.1) is 15.6 Å². The van der Waals surface area contributed by atoms with Gasteiger partial charge in [-0.25, -0.2) is 0 Å². The van der Waals surface area contributed by atoms with Gasteiger partial charge in [0.25, 0.3) is 17.7 Å². The van der Waals surface area contributed by atoms with Crippen LogP contribution in [0.5, 0.6) is 0 Å². The minimum absolute atomic E-state index is 0.0152. The first kappa shape index (κ1) is 29.3. The molecule has 7 N–H and O–H groups in total. The molecule has 178 valence electrons. The van der Waals surface area contributed by atoms with E-state index in [0.29, 0.717) is 0 Å². The summed E-state index contributed by atoms with van der Waals surface area (Å²) in [5, 5.41) is 47.5. The molecule has 12 nitrogen and oxygen atoms in total. The van der Waals surface area contributed by atoms with Crippen molar-refractivity contribution in [3.05, 3.63) is 26.7 Å². The van der Waals surface area contributed by atoms with Gasteiger partial charge in [0, 0.05) is 3.57 Å². The maximum Gasteiger partial charge on any atom is 0.253 e. The lowest BCUT2D eigenvalue weighted by Crippen LogP contribution is -2.42. The summed E-state index contributed by atoms with van der Waals surface area (Å²) in [6.45, 7) is -0.754. The fourth-order valence-corrected chi connectivity index (χ4v) is 6.72. The van der Waals surface area contributed by atoms with E-state index in [0.717, 1.165) is 0 Å². The van der Waals surface area contributed by atoms with Gasteiger partial charge >= 0.3 is 0 Å². The molecule has 15 heteroatoms. The summed E-state index contributed by atoms with van der Waals surface area (Å²) in [5.74, 6) is -2.24. The number of aliphatic hydroxyl groups excluding tert-OH is 4. The van der Waals surface area contributed by atoms with E-state index >= 15 is 0 Å². The Balaban J connectivity index is 3.66. The maximum absolute atomic E-state index is 13.0. The topological polar surface area (TPSA) is 198 Å². The van der Waals surface area contributed by atoms with E-state index in [9.17, 15) is 39.7 Å². The smallest absolute Gasteiger partial charge is 0.253 e. The highest BCUT2D eigenvalue weighted by molar-refractivity contribution is 14.1. The highest BCUT2D eigenvalue weighted by atomic mass is 127. The van der Waals surface area contributed by atoms with E-state index in [2.05, 4.69) is 21.1 Å². The van der Waals surface area contributed by atoms with Crippen LogP contribution in [0.4, 0.5) is 5.69 Å². The van der Waals surface area contributed by atoms with Crippen LogP contribution in [-0.4, -0.2) is 82.7 Å². The Morgan fingerprint density at radius 1 is 0.875 bits per heavy atom. The molecule has 0 saturated carbocycles. The number of carbonyl (C=O) groups excluding carboxylic acids is 3. The third kappa shape index (κ3) is 7.38. The van der Waals surface area contributed by atoms with E-state index in [1.165, 1.54) is 6.92 Å². The number of halogens is 3. The van der Waals surface area contributed by atoms with Crippen molar-refractivity contribution in [1.82, 2.24) is 10.6 Å². The van der Waals surface area contributed by atoms with Crippen molar-refractivity contribution >= 4 is 91.2 Å². The van der Waals surface area contributed by atoms with Crippen LogP contribution in [0.1, 0.15) is 27.6 Å². The van der Waals surface area contributed by atoms with Gasteiger partial charge in [-0.1, -0.05) is 5.18 Å². The number of hydrogen-bond acceptors (Lipinski definition) is 9. The molecule has 0 fully saturated rings. The lowest BCUT2D eigenvalue weighted by molar-refractivity contribution is -0.123. The zero-order chi connectivity index (χ0) is 24.6. The second-order valence-corrected chi connectivity index (χ2v) is 9.67. The van der Waals surface area contributed by atoms with Crippen LogP contribution >= 0.6 is 67.8 Å². The summed E-state index contributed by atoms with van der Waals surface area (Å²) < 4.78 is 0.685. The lowest BCUT2D eigenvalue weighted by Gasteiger charge is -2.22. The van der Waals surface area contributed by atoms with Crippen LogP contribution in [-0.2, 0) is 4.79 Å². The normalized spacial score (nSPS) is 12.8. The zero-order valence-corrected chi connectivity index (χ0v) is 23.0. The van der Waals surface area contributed by atoms with E-state index in [-0.39, 0.29) is 34.1 Å². The summed E-state index contributed by atoms with van der Waals surface area (Å²) in [4.78, 5) is 48.5. The van der Waals surface area contributed by atoms with E-state index in [1.807, 2.05) is 0 Å². The third-order valence-electron chi connectivity index (χ3n) is 4.03. The third-order valence-corrected chi connectivity index (χ3v) is 7.26. The van der Waals surface area contributed by atoms with Crippen molar-refractivity contribution in [1.29, 1.82) is 0 Å². The van der Waals surface area contributed by atoms with Crippen molar-refractivity contribution in [3.63, 3.8) is 0 Å². The van der Waals surface area contributed by atoms with Gasteiger partial charge in [-0.15, -0.1) is 0 Å². The molecular weight excluding hydrogens is 769 g/mol.